The molecule has 11 heteroatoms. The average molecular weight is 443 g/mol. The Bertz CT molecular complexity index is 1010. The van der Waals surface area contributed by atoms with Gasteiger partial charge in [0.1, 0.15) is 14.9 Å². The molecular formula is C17H22N4O4S3. The first-order valence-corrected chi connectivity index (χ1v) is 12.9. The summed E-state index contributed by atoms with van der Waals surface area (Å²) in [4.78, 5) is 6.52. The van der Waals surface area contributed by atoms with E-state index in [2.05, 4.69) is 4.98 Å². The molecule has 28 heavy (non-hydrogen) atoms. The zero-order chi connectivity index (χ0) is 19.8. The lowest BCUT2D eigenvalue weighted by molar-refractivity contribution is 0.384. The number of nitrogens with zero attached hydrogens (tertiary/aromatic N) is 4. The van der Waals surface area contributed by atoms with E-state index in [9.17, 15) is 16.8 Å². The van der Waals surface area contributed by atoms with Gasteiger partial charge in [-0.3, -0.25) is 0 Å². The highest BCUT2D eigenvalue weighted by atomic mass is 32.2. The predicted molar refractivity (Wildman–Crippen MR) is 108 cm³/mol. The van der Waals surface area contributed by atoms with Crippen LogP contribution in [0.5, 0.6) is 0 Å². The molecule has 0 unspecified atom stereocenters. The molecule has 2 fully saturated rings. The Morgan fingerprint density at radius 1 is 0.821 bits per heavy atom. The van der Waals surface area contributed by atoms with Crippen molar-refractivity contribution in [2.24, 2.45) is 0 Å². The molecule has 0 amide bonds. The van der Waals surface area contributed by atoms with Crippen molar-refractivity contribution in [3.05, 3.63) is 35.8 Å². The van der Waals surface area contributed by atoms with Crippen molar-refractivity contribution in [1.29, 1.82) is 0 Å². The summed E-state index contributed by atoms with van der Waals surface area (Å²) in [5.74, 6) is 0.661. The molecule has 0 bridgehead atoms. The largest absolute Gasteiger partial charge is 0.354 e. The van der Waals surface area contributed by atoms with Crippen LogP contribution in [-0.2, 0) is 20.0 Å². The van der Waals surface area contributed by atoms with E-state index in [4.69, 9.17) is 0 Å². The number of aromatic nitrogens is 1. The normalized spacial score (nSPS) is 19.9. The number of sulfonamides is 2. The number of piperazine rings is 1. The molecule has 0 aromatic carbocycles. The van der Waals surface area contributed by atoms with Crippen molar-refractivity contribution < 1.29 is 16.8 Å². The van der Waals surface area contributed by atoms with E-state index in [0.717, 1.165) is 12.8 Å². The van der Waals surface area contributed by atoms with Crippen LogP contribution in [-0.4, -0.2) is 69.7 Å². The van der Waals surface area contributed by atoms with Crippen LogP contribution in [0.4, 0.5) is 5.82 Å². The number of pyridine rings is 1. The SMILES string of the molecule is O=S(=O)(c1ccc(N2CCN(S(=O)(=O)c3cccs3)CC2)nc1)N1CCCC1. The Morgan fingerprint density at radius 2 is 1.50 bits per heavy atom. The second-order valence-electron chi connectivity index (χ2n) is 6.79. The van der Waals surface area contributed by atoms with E-state index in [1.807, 2.05) is 4.90 Å². The molecule has 0 saturated carbocycles. The minimum absolute atomic E-state index is 0.206. The lowest BCUT2D eigenvalue weighted by atomic mass is 10.3. The lowest BCUT2D eigenvalue weighted by Gasteiger charge is -2.34. The monoisotopic (exact) mass is 442 g/mol. The summed E-state index contributed by atoms with van der Waals surface area (Å²) in [6.07, 6.45) is 3.19. The molecule has 2 aromatic rings. The molecule has 152 valence electrons. The van der Waals surface area contributed by atoms with E-state index in [1.165, 1.54) is 26.1 Å². The topological polar surface area (TPSA) is 90.9 Å². The molecule has 0 aliphatic carbocycles. The van der Waals surface area contributed by atoms with Gasteiger partial charge in [-0.15, -0.1) is 11.3 Å². The van der Waals surface area contributed by atoms with Crippen LogP contribution >= 0.6 is 11.3 Å². The molecule has 0 N–H and O–H groups in total. The van der Waals surface area contributed by atoms with Gasteiger partial charge in [0.05, 0.1) is 0 Å². The third-order valence-electron chi connectivity index (χ3n) is 5.08. The van der Waals surface area contributed by atoms with Gasteiger partial charge in [0.2, 0.25) is 10.0 Å². The molecule has 8 nitrogen and oxygen atoms in total. The van der Waals surface area contributed by atoms with Crippen molar-refractivity contribution in [2.45, 2.75) is 21.9 Å². The summed E-state index contributed by atoms with van der Waals surface area (Å²) >= 11 is 1.22. The van der Waals surface area contributed by atoms with Crippen LogP contribution < -0.4 is 4.90 Å². The first kappa shape index (κ1) is 19.8. The van der Waals surface area contributed by atoms with Crippen LogP contribution in [0.25, 0.3) is 0 Å². The van der Waals surface area contributed by atoms with Crippen molar-refractivity contribution in [1.82, 2.24) is 13.6 Å². The van der Waals surface area contributed by atoms with Crippen molar-refractivity contribution in [3.8, 4) is 0 Å². The van der Waals surface area contributed by atoms with E-state index in [-0.39, 0.29) is 4.90 Å². The summed E-state index contributed by atoms with van der Waals surface area (Å²) in [5.41, 5.74) is 0. The zero-order valence-corrected chi connectivity index (χ0v) is 17.7. The molecule has 4 rings (SSSR count). The molecule has 2 saturated heterocycles. The molecule has 0 radical (unpaired) electrons. The number of rotatable bonds is 5. The Balaban J connectivity index is 1.43. The van der Waals surface area contributed by atoms with Crippen LogP contribution in [0.1, 0.15) is 12.8 Å². The second-order valence-corrected chi connectivity index (χ2v) is 11.8. The average Bonchev–Trinajstić information content (AvgIpc) is 3.42. The van der Waals surface area contributed by atoms with Crippen molar-refractivity contribution in [3.63, 3.8) is 0 Å². The van der Waals surface area contributed by atoms with Gasteiger partial charge in [0, 0.05) is 45.5 Å². The maximum atomic E-state index is 12.6. The molecule has 0 atom stereocenters. The summed E-state index contributed by atoms with van der Waals surface area (Å²) in [6.45, 7) is 2.88. The Labute approximate surface area is 169 Å². The van der Waals surface area contributed by atoms with Crippen LogP contribution in [0.3, 0.4) is 0 Å². The van der Waals surface area contributed by atoms with Gasteiger partial charge < -0.3 is 4.90 Å². The number of thiophene rings is 1. The maximum Gasteiger partial charge on any atom is 0.252 e. The Hall–Kier alpha value is -1.53. The number of hydrogen-bond acceptors (Lipinski definition) is 7. The lowest BCUT2D eigenvalue weighted by Crippen LogP contribution is -2.48. The van der Waals surface area contributed by atoms with Gasteiger partial charge in [-0.25, -0.2) is 21.8 Å². The minimum Gasteiger partial charge on any atom is -0.354 e. The molecule has 2 aromatic heterocycles. The minimum atomic E-state index is -3.47. The molecule has 2 aliphatic rings. The Morgan fingerprint density at radius 3 is 2.07 bits per heavy atom. The van der Waals surface area contributed by atoms with E-state index in [0.29, 0.717) is 49.3 Å². The molecule has 2 aliphatic heterocycles. The third-order valence-corrected chi connectivity index (χ3v) is 10.2. The van der Waals surface area contributed by atoms with E-state index < -0.39 is 20.0 Å². The maximum absolute atomic E-state index is 12.6. The van der Waals surface area contributed by atoms with Crippen LogP contribution in [0, 0.1) is 0 Å². The second kappa shape index (κ2) is 7.71. The third kappa shape index (κ3) is 3.69. The highest BCUT2D eigenvalue weighted by molar-refractivity contribution is 7.91. The van der Waals surface area contributed by atoms with Crippen LogP contribution in [0.15, 0.2) is 44.9 Å². The first-order chi connectivity index (χ1) is 13.4. The van der Waals surface area contributed by atoms with Gasteiger partial charge in [-0.2, -0.15) is 8.61 Å². The van der Waals surface area contributed by atoms with Gasteiger partial charge in [-0.05, 0) is 36.4 Å². The molecule has 0 spiro atoms. The van der Waals surface area contributed by atoms with Crippen molar-refractivity contribution >= 4 is 37.2 Å². The predicted octanol–water partition coefficient (Wildman–Crippen LogP) is 1.44. The fraction of sp³-hybridized carbons (Fsp3) is 0.471. The van der Waals surface area contributed by atoms with Crippen LogP contribution in [0.2, 0.25) is 0 Å². The van der Waals surface area contributed by atoms with E-state index in [1.54, 1.807) is 29.6 Å². The first-order valence-electron chi connectivity index (χ1n) is 9.14. The molecular weight excluding hydrogens is 420 g/mol. The fourth-order valence-corrected chi connectivity index (χ4v) is 7.51. The number of hydrogen-bond donors (Lipinski definition) is 0. The van der Waals surface area contributed by atoms with Gasteiger partial charge >= 0.3 is 0 Å². The summed E-state index contributed by atoms with van der Waals surface area (Å²) in [7, 11) is -6.91. The zero-order valence-electron chi connectivity index (χ0n) is 15.3. The summed E-state index contributed by atoms with van der Waals surface area (Å²) in [6, 6.07) is 6.64. The van der Waals surface area contributed by atoms with Gasteiger partial charge in [-0.1, -0.05) is 6.07 Å². The smallest absolute Gasteiger partial charge is 0.252 e. The van der Waals surface area contributed by atoms with Gasteiger partial charge in [0.25, 0.3) is 10.0 Å². The summed E-state index contributed by atoms with van der Waals surface area (Å²) < 4.78 is 53.7. The highest BCUT2D eigenvalue weighted by Gasteiger charge is 2.30. The Kier molecular flexibility index (Phi) is 5.45. The number of anilines is 1. The fourth-order valence-electron chi connectivity index (χ4n) is 3.48. The van der Waals surface area contributed by atoms with Crippen molar-refractivity contribution in [2.75, 3.05) is 44.2 Å². The summed E-state index contributed by atoms with van der Waals surface area (Å²) in [5, 5.41) is 1.75. The highest BCUT2D eigenvalue weighted by Crippen LogP contribution is 2.25. The van der Waals surface area contributed by atoms with E-state index >= 15 is 0 Å². The molecule has 4 heterocycles. The standard InChI is InChI=1S/C17H22N4O4S3/c22-27(23,20-7-1-2-8-20)15-5-6-16(18-14-15)19-9-11-21(12-10-19)28(24,25)17-4-3-13-26-17/h3-6,13-14H,1-2,7-12H2. The quantitative estimate of drug-likeness (QED) is 0.696. The van der Waals surface area contributed by atoms with Gasteiger partial charge in [0.15, 0.2) is 0 Å².